The van der Waals surface area contributed by atoms with Crippen LogP contribution >= 0.6 is 0 Å². The number of hydrogen-bond donors (Lipinski definition) is 1. The molecule has 1 aromatic rings. The molecule has 6 nitrogen and oxygen atoms in total. The Bertz CT molecular complexity index is 617. The van der Waals surface area contributed by atoms with Crippen LogP contribution in [0.25, 0.3) is 0 Å². The third-order valence-corrected chi connectivity index (χ3v) is 4.92. The Kier molecular flexibility index (Phi) is 4.49. The lowest BCUT2D eigenvalue weighted by Gasteiger charge is -2.52. The normalized spacial score (nSPS) is 28.1. The van der Waals surface area contributed by atoms with Crippen LogP contribution in [0.5, 0.6) is 0 Å². The number of rotatable bonds is 5. The molecular formula is C18H24N2O4. The van der Waals surface area contributed by atoms with Gasteiger partial charge in [-0.1, -0.05) is 44.2 Å². The van der Waals surface area contributed by atoms with E-state index in [2.05, 4.69) is 0 Å². The van der Waals surface area contributed by atoms with Crippen molar-refractivity contribution >= 4 is 12.0 Å². The molecule has 2 aliphatic heterocycles. The molecule has 1 N–H and O–H groups in total. The van der Waals surface area contributed by atoms with Crippen molar-refractivity contribution in [3.05, 3.63) is 35.9 Å². The first-order valence-electron chi connectivity index (χ1n) is 8.39. The van der Waals surface area contributed by atoms with Crippen LogP contribution in [0.4, 0.5) is 4.79 Å². The fourth-order valence-corrected chi connectivity index (χ4v) is 3.60. The topological polar surface area (TPSA) is 70.1 Å². The van der Waals surface area contributed by atoms with Crippen molar-refractivity contribution in [3.8, 4) is 0 Å². The van der Waals surface area contributed by atoms with Gasteiger partial charge < -0.3 is 14.7 Å². The minimum absolute atomic E-state index is 0.130. The Morgan fingerprint density at radius 1 is 1.21 bits per heavy atom. The number of β-lactam (4-membered cyclic amide) rings is 1. The lowest BCUT2D eigenvalue weighted by Crippen LogP contribution is -2.74. The van der Waals surface area contributed by atoms with Gasteiger partial charge in [0, 0.05) is 6.54 Å². The van der Waals surface area contributed by atoms with Gasteiger partial charge in [-0.2, -0.15) is 0 Å². The number of aliphatic hydroxyl groups is 1. The fourth-order valence-electron chi connectivity index (χ4n) is 3.60. The molecule has 2 amide bonds. The Balaban J connectivity index is 1.82. The molecule has 6 heteroatoms. The molecular weight excluding hydrogens is 308 g/mol. The first-order valence-corrected chi connectivity index (χ1v) is 8.39. The first-order chi connectivity index (χ1) is 11.4. The molecule has 0 radical (unpaired) electrons. The third kappa shape index (κ3) is 2.75. The van der Waals surface area contributed by atoms with Crippen molar-refractivity contribution in [2.75, 3.05) is 6.61 Å². The summed E-state index contributed by atoms with van der Waals surface area (Å²) in [6, 6.07) is 8.46. The molecule has 24 heavy (non-hydrogen) atoms. The van der Waals surface area contributed by atoms with Crippen molar-refractivity contribution in [1.82, 2.24) is 9.80 Å². The van der Waals surface area contributed by atoms with E-state index in [9.17, 15) is 14.7 Å². The van der Waals surface area contributed by atoms with Gasteiger partial charge in [-0.3, -0.25) is 9.69 Å². The van der Waals surface area contributed by atoms with Crippen LogP contribution in [0.3, 0.4) is 0 Å². The van der Waals surface area contributed by atoms with E-state index < -0.39 is 24.3 Å². The maximum Gasteiger partial charge on any atom is 0.410 e. The number of hydrogen-bond acceptors (Lipinski definition) is 4. The molecule has 2 aliphatic rings. The van der Waals surface area contributed by atoms with Gasteiger partial charge in [0.25, 0.3) is 0 Å². The number of amides is 2. The lowest BCUT2D eigenvalue weighted by atomic mass is 9.87. The zero-order chi connectivity index (χ0) is 17.4. The minimum atomic E-state index is -0.724. The van der Waals surface area contributed by atoms with E-state index in [1.165, 1.54) is 4.90 Å². The van der Waals surface area contributed by atoms with Crippen LogP contribution in [0, 0.1) is 5.92 Å². The number of likely N-dealkylation sites (tertiary alicyclic amines) is 1. The molecule has 4 atom stereocenters. The van der Waals surface area contributed by atoms with E-state index in [1.54, 1.807) is 11.8 Å². The molecule has 3 rings (SSSR count). The van der Waals surface area contributed by atoms with Crippen molar-refractivity contribution in [2.24, 2.45) is 5.92 Å². The molecule has 130 valence electrons. The van der Waals surface area contributed by atoms with Crippen LogP contribution in [0.15, 0.2) is 30.3 Å². The number of carbonyl (C=O) groups is 2. The molecule has 2 fully saturated rings. The average Bonchev–Trinajstić information content (AvgIpc) is 2.92. The van der Waals surface area contributed by atoms with E-state index in [-0.39, 0.29) is 17.9 Å². The molecule has 2 saturated heterocycles. The highest BCUT2D eigenvalue weighted by molar-refractivity contribution is 5.93. The Morgan fingerprint density at radius 2 is 1.88 bits per heavy atom. The quantitative estimate of drug-likeness (QED) is 0.832. The lowest BCUT2D eigenvalue weighted by molar-refractivity contribution is -0.167. The fraction of sp³-hybridized carbons (Fsp3) is 0.556. The van der Waals surface area contributed by atoms with Gasteiger partial charge >= 0.3 is 6.09 Å². The van der Waals surface area contributed by atoms with Crippen molar-refractivity contribution in [2.45, 2.75) is 51.5 Å². The highest BCUT2D eigenvalue weighted by Gasteiger charge is 2.57. The van der Waals surface area contributed by atoms with Gasteiger partial charge in [-0.15, -0.1) is 0 Å². The van der Waals surface area contributed by atoms with Gasteiger partial charge in [-0.05, 0) is 18.4 Å². The highest BCUT2D eigenvalue weighted by Crippen LogP contribution is 2.34. The maximum atomic E-state index is 12.7. The Morgan fingerprint density at radius 3 is 2.46 bits per heavy atom. The van der Waals surface area contributed by atoms with Crippen LogP contribution in [0.1, 0.15) is 26.3 Å². The zero-order valence-electron chi connectivity index (χ0n) is 14.3. The number of benzene rings is 1. The van der Waals surface area contributed by atoms with Crippen LogP contribution in [-0.2, 0) is 16.1 Å². The van der Waals surface area contributed by atoms with Crippen LogP contribution in [-0.4, -0.2) is 57.7 Å². The molecule has 0 unspecified atom stereocenters. The summed E-state index contributed by atoms with van der Waals surface area (Å²) in [5.41, 5.74) is 0.999. The van der Waals surface area contributed by atoms with Crippen molar-refractivity contribution in [3.63, 3.8) is 0 Å². The third-order valence-electron chi connectivity index (χ3n) is 4.92. The standard InChI is InChI=1S/C18H24N2O4/c1-11(2)14-10-24-18(23)20(14)16-15(12(3)21)19(17(16)22)9-13-7-5-4-6-8-13/h4-8,11-12,14-16,21H,9-10H2,1-3H3/t12-,14+,15+,16-/m0/s1. The highest BCUT2D eigenvalue weighted by atomic mass is 16.6. The molecule has 0 aromatic heterocycles. The number of cyclic esters (lactones) is 1. The summed E-state index contributed by atoms with van der Waals surface area (Å²) in [5, 5.41) is 10.2. The largest absolute Gasteiger partial charge is 0.447 e. The van der Waals surface area contributed by atoms with E-state index >= 15 is 0 Å². The van der Waals surface area contributed by atoms with E-state index in [0.29, 0.717) is 13.2 Å². The summed E-state index contributed by atoms with van der Waals surface area (Å²) in [6.07, 6.45) is -1.19. The molecule has 0 bridgehead atoms. The van der Waals surface area contributed by atoms with Gasteiger partial charge in [0.05, 0.1) is 18.2 Å². The van der Waals surface area contributed by atoms with E-state index in [4.69, 9.17) is 4.74 Å². The smallest absolute Gasteiger partial charge is 0.410 e. The number of ether oxygens (including phenoxy) is 1. The predicted molar refractivity (Wildman–Crippen MR) is 88.1 cm³/mol. The summed E-state index contributed by atoms with van der Waals surface area (Å²) >= 11 is 0. The minimum Gasteiger partial charge on any atom is -0.447 e. The summed E-state index contributed by atoms with van der Waals surface area (Å²) in [5.74, 6) is 0.0522. The molecule has 0 aliphatic carbocycles. The van der Waals surface area contributed by atoms with Crippen LogP contribution in [0.2, 0.25) is 0 Å². The van der Waals surface area contributed by atoms with Gasteiger partial charge in [0.15, 0.2) is 0 Å². The van der Waals surface area contributed by atoms with Gasteiger partial charge in [0.2, 0.25) is 5.91 Å². The Hall–Kier alpha value is -2.08. The van der Waals surface area contributed by atoms with Gasteiger partial charge in [0.1, 0.15) is 12.6 Å². The SMILES string of the molecule is CC(C)[C@H]1COC(=O)N1[C@@H]1C(=O)N(Cc2ccccc2)[C@@H]1[C@H](C)O. The second-order valence-corrected chi connectivity index (χ2v) is 6.92. The summed E-state index contributed by atoms with van der Waals surface area (Å²) in [4.78, 5) is 28.1. The second-order valence-electron chi connectivity index (χ2n) is 6.92. The molecule has 0 saturated carbocycles. The summed E-state index contributed by atoms with van der Waals surface area (Å²) in [7, 11) is 0. The number of aliphatic hydroxyl groups excluding tert-OH is 1. The molecule has 0 spiro atoms. The van der Waals surface area contributed by atoms with E-state index in [0.717, 1.165) is 5.56 Å². The van der Waals surface area contributed by atoms with Crippen LogP contribution < -0.4 is 0 Å². The predicted octanol–water partition coefficient (Wildman–Crippen LogP) is 1.62. The summed E-state index contributed by atoms with van der Waals surface area (Å²) in [6.45, 7) is 6.39. The summed E-state index contributed by atoms with van der Waals surface area (Å²) < 4.78 is 5.16. The second kappa shape index (κ2) is 6.43. The Labute approximate surface area is 142 Å². The molecule has 1 aromatic carbocycles. The van der Waals surface area contributed by atoms with Crippen molar-refractivity contribution < 1.29 is 19.4 Å². The number of nitrogens with zero attached hydrogens (tertiary/aromatic N) is 2. The molecule has 2 heterocycles. The monoisotopic (exact) mass is 332 g/mol. The van der Waals surface area contributed by atoms with Gasteiger partial charge in [-0.25, -0.2) is 4.79 Å². The maximum absolute atomic E-state index is 12.7. The average molecular weight is 332 g/mol. The van der Waals surface area contributed by atoms with E-state index in [1.807, 2.05) is 44.2 Å². The zero-order valence-corrected chi connectivity index (χ0v) is 14.3. The number of carbonyl (C=O) groups excluding carboxylic acids is 2. The first kappa shape index (κ1) is 16.8. The van der Waals surface area contributed by atoms with Crippen molar-refractivity contribution in [1.29, 1.82) is 0 Å².